The number of hydrogen-bond acceptors (Lipinski definition) is 4. The highest BCUT2D eigenvalue weighted by molar-refractivity contribution is 8.13. The third-order valence-electron chi connectivity index (χ3n) is 5.72. The van der Waals surface area contributed by atoms with E-state index < -0.39 is 17.6 Å². The SMILES string of the molecule is N=C(N)SCCCn1cc(C2=C(c3c[nH]c4ccccc34)C(=O)NC2=O)c2c(F)cccc21. The van der Waals surface area contributed by atoms with E-state index in [0.717, 1.165) is 10.9 Å². The molecule has 0 spiro atoms. The molecule has 5 N–H and O–H groups in total. The molecule has 2 aromatic carbocycles. The van der Waals surface area contributed by atoms with Gasteiger partial charge in [0.25, 0.3) is 11.8 Å². The van der Waals surface area contributed by atoms with E-state index in [9.17, 15) is 9.59 Å². The minimum Gasteiger partial charge on any atom is -0.379 e. The first-order valence-electron chi connectivity index (χ1n) is 10.4. The molecule has 0 bridgehead atoms. The lowest BCUT2D eigenvalue weighted by Crippen LogP contribution is -2.22. The van der Waals surface area contributed by atoms with Gasteiger partial charge < -0.3 is 15.3 Å². The monoisotopic (exact) mass is 461 g/mol. The smallest absolute Gasteiger partial charge is 0.259 e. The molecule has 2 amide bonds. The first kappa shape index (κ1) is 21.0. The van der Waals surface area contributed by atoms with Gasteiger partial charge in [0.1, 0.15) is 5.82 Å². The van der Waals surface area contributed by atoms with Gasteiger partial charge in [0.15, 0.2) is 5.17 Å². The van der Waals surface area contributed by atoms with E-state index >= 15 is 4.39 Å². The van der Waals surface area contributed by atoms with Crippen LogP contribution in [0.15, 0.2) is 54.9 Å². The number of aromatic nitrogens is 2. The molecule has 0 fully saturated rings. The lowest BCUT2D eigenvalue weighted by Gasteiger charge is -2.04. The van der Waals surface area contributed by atoms with Gasteiger partial charge in [-0.1, -0.05) is 36.0 Å². The summed E-state index contributed by atoms with van der Waals surface area (Å²) in [6.45, 7) is 0.547. The molecule has 33 heavy (non-hydrogen) atoms. The summed E-state index contributed by atoms with van der Waals surface area (Å²) in [5.41, 5.74) is 8.24. The van der Waals surface area contributed by atoms with Gasteiger partial charge in [-0.2, -0.15) is 0 Å². The number of amides is 2. The number of aromatic amines is 1. The number of thioether (sulfide) groups is 1. The number of rotatable bonds is 6. The van der Waals surface area contributed by atoms with Crippen molar-refractivity contribution in [3.63, 3.8) is 0 Å². The van der Waals surface area contributed by atoms with Gasteiger partial charge >= 0.3 is 0 Å². The van der Waals surface area contributed by atoms with E-state index in [1.165, 1.54) is 17.8 Å². The second-order valence-corrected chi connectivity index (χ2v) is 8.85. The molecule has 0 aliphatic carbocycles. The number of nitrogens with two attached hydrogens (primary N) is 1. The summed E-state index contributed by atoms with van der Waals surface area (Å²) in [5.74, 6) is -0.871. The zero-order valence-corrected chi connectivity index (χ0v) is 18.3. The average molecular weight is 462 g/mol. The maximum atomic E-state index is 15.0. The van der Waals surface area contributed by atoms with Crippen molar-refractivity contribution in [2.24, 2.45) is 5.73 Å². The summed E-state index contributed by atoms with van der Waals surface area (Å²) in [5, 5.41) is 10.9. The fraction of sp³-hybridized carbons (Fsp3) is 0.125. The van der Waals surface area contributed by atoms with Crippen molar-refractivity contribution in [2.45, 2.75) is 13.0 Å². The Hall–Kier alpha value is -3.85. The molecule has 0 saturated carbocycles. The Labute approximate surface area is 192 Å². The lowest BCUT2D eigenvalue weighted by molar-refractivity contribution is -0.122. The lowest BCUT2D eigenvalue weighted by atomic mass is 9.95. The second kappa shape index (κ2) is 8.25. The fourth-order valence-electron chi connectivity index (χ4n) is 4.35. The third kappa shape index (κ3) is 3.60. The van der Waals surface area contributed by atoms with E-state index in [0.29, 0.717) is 40.7 Å². The van der Waals surface area contributed by atoms with E-state index in [1.807, 2.05) is 28.8 Å². The van der Waals surface area contributed by atoms with Crippen molar-refractivity contribution in [3.8, 4) is 0 Å². The molecule has 0 saturated heterocycles. The van der Waals surface area contributed by atoms with Crippen LogP contribution in [0.25, 0.3) is 33.0 Å². The number of halogens is 1. The number of fused-ring (bicyclic) bond motifs is 2. The largest absolute Gasteiger partial charge is 0.379 e. The molecule has 7 nitrogen and oxygen atoms in total. The number of para-hydroxylation sites is 1. The molecule has 0 atom stereocenters. The second-order valence-electron chi connectivity index (χ2n) is 7.72. The predicted molar refractivity (Wildman–Crippen MR) is 129 cm³/mol. The maximum absolute atomic E-state index is 15.0. The van der Waals surface area contributed by atoms with Crippen molar-refractivity contribution in [1.29, 1.82) is 5.41 Å². The highest BCUT2D eigenvalue weighted by Crippen LogP contribution is 2.39. The number of aryl methyl sites for hydroxylation is 1. The maximum Gasteiger partial charge on any atom is 0.259 e. The Morgan fingerprint density at radius 2 is 1.82 bits per heavy atom. The quantitative estimate of drug-likeness (QED) is 0.151. The number of H-pyrrole nitrogens is 1. The standard InChI is InChI=1S/C24H20FN5O2S/c25-16-6-3-8-18-19(16)15(12-30(18)9-4-10-33-24(26)27)21-20(22(31)29-23(21)32)14-11-28-17-7-2-1-5-13(14)17/h1-3,5-8,11-12,28H,4,9-10H2,(H3,26,27)(H,29,31,32). The van der Waals surface area contributed by atoms with Crippen LogP contribution in [0.4, 0.5) is 4.39 Å². The minimum atomic E-state index is -0.547. The molecular weight excluding hydrogens is 441 g/mol. The first-order valence-corrected chi connectivity index (χ1v) is 11.3. The molecule has 2 aromatic heterocycles. The Bertz CT molecular complexity index is 1480. The first-order chi connectivity index (χ1) is 16.0. The van der Waals surface area contributed by atoms with Crippen molar-refractivity contribution < 1.29 is 14.0 Å². The van der Waals surface area contributed by atoms with Crippen molar-refractivity contribution in [3.05, 3.63) is 71.8 Å². The van der Waals surface area contributed by atoms with Crippen LogP contribution in [0.1, 0.15) is 17.5 Å². The predicted octanol–water partition coefficient (Wildman–Crippen LogP) is 3.85. The summed E-state index contributed by atoms with van der Waals surface area (Å²) in [6, 6.07) is 12.3. The van der Waals surface area contributed by atoms with E-state index in [4.69, 9.17) is 11.1 Å². The molecule has 166 valence electrons. The molecule has 5 rings (SSSR count). The Kier molecular flexibility index (Phi) is 5.26. The molecule has 1 aliphatic heterocycles. The molecule has 9 heteroatoms. The zero-order chi connectivity index (χ0) is 23.1. The van der Waals surface area contributed by atoms with Crippen LogP contribution in [0.2, 0.25) is 0 Å². The topological polar surface area (TPSA) is 117 Å². The van der Waals surface area contributed by atoms with Crippen LogP contribution in [-0.2, 0) is 16.1 Å². The molecule has 0 radical (unpaired) electrons. The fourth-order valence-corrected chi connectivity index (χ4v) is 4.84. The van der Waals surface area contributed by atoms with E-state index in [-0.39, 0.29) is 16.3 Å². The third-order valence-corrected chi connectivity index (χ3v) is 6.52. The number of carbonyl (C=O) groups is 2. The minimum absolute atomic E-state index is 0.0498. The summed E-state index contributed by atoms with van der Waals surface area (Å²) in [6.07, 6.45) is 4.13. The Morgan fingerprint density at radius 3 is 2.61 bits per heavy atom. The van der Waals surface area contributed by atoms with Gasteiger partial charge in [0.05, 0.1) is 16.7 Å². The van der Waals surface area contributed by atoms with Crippen molar-refractivity contribution in [2.75, 3.05) is 5.75 Å². The molecule has 4 aromatic rings. The summed E-state index contributed by atoms with van der Waals surface area (Å²) >= 11 is 1.24. The number of hydrogen-bond donors (Lipinski definition) is 4. The molecular formula is C24H20FN5O2S. The summed E-state index contributed by atoms with van der Waals surface area (Å²) in [7, 11) is 0. The van der Waals surface area contributed by atoms with Gasteiger partial charge in [0.2, 0.25) is 0 Å². The highest BCUT2D eigenvalue weighted by Gasteiger charge is 2.35. The number of imide groups is 1. The van der Waals surface area contributed by atoms with Gasteiger partial charge in [-0.3, -0.25) is 20.3 Å². The van der Waals surface area contributed by atoms with Crippen LogP contribution in [0.5, 0.6) is 0 Å². The Balaban J connectivity index is 1.69. The van der Waals surface area contributed by atoms with E-state index in [1.54, 1.807) is 24.5 Å². The molecule has 3 heterocycles. The number of nitrogens with one attached hydrogen (secondary N) is 3. The molecule has 0 unspecified atom stereocenters. The van der Waals surface area contributed by atoms with Crippen LogP contribution >= 0.6 is 11.8 Å². The van der Waals surface area contributed by atoms with Crippen molar-refractivity contribution in [1.82, 2.24) is 14.9 Å². The van der Waals surface area contributed by atoms with Gasteiger partial charge in [-0.05, 0) is 24.6 Å². The average Bonchev–Trinajstić information content (AvgIpc) is 3.44. The van der Waals surface area contributed by atoms with Gasteiger partial charge in [0, 0.05) is 52.1 Å². The molecule has 1 aliphatic rings. The normalized spacial score (nSPS) is 14.0. The number of carbonyl (C=O) groups excluding carboxylic acids is 2. The summed E-state index contributed by atoms with van der Waals surface area (Å²) < 4.78 is 16.9. The summed E-state index contributed by atoms with van der Waals surface area (Å²) in [4.78, 5) is 29.0. The van der Waals surface area contributed by atoms with Crippen LogP contribution in [-0.4, -0.2) is 32.3 Å². The van der Waals surface area contributed by atoms with Gasteiger partial charge in [-0.15, -0.1) is 0 Å². The van der Waals surface area contributed by atoms with E-state index in [2.05, 4.69) is 10.3 Å². The highest BCUT2D eigenvalue weighted by atomic mass is 32.2. The number of nitrogens with zero attached hydrogens (tertiary/aromatic N) is 1. The van der Waals surface area contributed by atoms with Crippen molar-refractivity contribution >= 4 is 61.7 Å². The van der Waals surface area contributed by atoms with Crippen LogP contribution < -0.4 is 11.1 Å². The number of benzene rings is 2. The zero-order valence-electron chi connectivity index (χ0n) is 17.4. The number of amidine groups is 1. The van der Waals surface area contributed by atoms with Crippen LogP contribution in [0.3, 0.4) is 0 Å². The van der Waals surface area contributed by atoms with Gasteiger partial charge in [-0.25, -0.2) is 4.39 Å². The van der Waals surface area contributed by atoms with Crippen LogP contribution in [0, 0.1) is 11.2 Å². The Morgan fingerprint density at radius 1 is 1.06 bits per heavy atom.